The number of ether oxygens (including phenoxy) is 1. The highest BCUT2D eigenvalue weighted by atomic mass is 79.9. The van der Waals surface area contributed by atoms with Crippen LogP contribution in [0, 0.1) is 5.82 Å². The normalized spacial score (nSPS) is 10.8. The fourth-order valence-corrected chi connectivity index (χ4v) is 3.05. The van der Waals surface area contributed by atoms with Gasteiger partial charge in [0.25, 0.3) is 0 Å². The van der Waals surface area contributed by atoms with E-state index in [4.69, 9.17) is 10.5 Å². The molecular formula is C15H15BrFNOS. The molecule has 0 atom stereocenters. The number of halogens is 2. The Balaban J connectivity index is 2.34. The lowest BCUT2D eigenvalue weighted by Gasteiger charge is -2.14. The lowest BCUT2D eigenvalue weighted by molar-refractivity contribution is 0.230. The predicted molar refractivity (Wildman–Crippen MR) is 84.8 cm³/mol. The van der Waals surface area contributed by atoms with Crippen molar-refractivity contribution in [2.75, 3.05) is 5.73 Å². The van der Waals surface area contributed by atoms with E-state index in [0.717, 1.165) is 14.3 Å². The smallest absolute Gasteiger partial charge is 0.167 e. The molecule has 2 aromatic rings. The molecule has 0 aromatic heterocycles. The highest BCUT2D eigenvalue weighted by Crippen LogP contribution is 2.39. The van der Waals surface area contributed by atoms with Gasteiger partial charge in [-0.3, -0.25) is 0 Å². The molecule has 20 heavy (non-hydrogen) atoms. The Labute approximate surface area is 130 Å². The Morgan fingerprint density at radius 3 is 2.55 bits per heavy atom. The molecule has 0 aliphatic heterocycles. The monoisotopic (exact) mass is 355 g/mol. The van der Waals surface area contributed by atoms with Gasteiger partial charge in [0.05, 0.1) is 6.10 Å². The third kappa shape index (κ3) is 3.67. The zero-order valence-corrected chi connectivity index (χ0v) is 13.6. The summed E-state index contributed by atoms with van der Waals surface area (Å²) in [5.74, 6) is -0.212. The zero-order chi connectivity index (χ0) is 14.7. The van der Waals surface area contributed by atoms with Crippen molar-refractivity contribution in [1.29, 1.82) is 0 Å². The van der Waals surface area contributed by atoms with Crippen LogP contribution in [0.1, 0.15) is 13.8 Å². The quantitative estimate of drug-likeness (QED) is 0.774. The summed E-state index contributed by atoms with van der Waals surface area (Å²) in [6, 6.07) is 10.8. The topological polar surface area (TPSA) is 35.2 Å². The fourth-order valence-electron chi connectivity index (χ4n) is 1.63. The van der Waals surface area contributed by atoms with E-state index in [1.165, 1.54) is 17.8 Å². The highest BCUT2D eigenvalue weighted by molar-refractivity contribution is 9.10. The summed E-state index contributed by atoms with van der Waals surface area (Å²) in [6.07, 6.45) is -0.0885. The second-order valence-corrected chi connectivity index (χ2v) is 6.46. The molecule has 0 bridgehead atoms. The maximum absolute atomic E-state index is 13.8. The van der Waals surface area contributed by atoms with Crippen LogP contribution in [-0.4, -0.2) is 6.10 Å². The molecule has 2 rings (SSSR count). The van der Waals surface area contributed by atoms with Crippen molar-refractivity contribution in [3.63, 3.8) is 0 Å². The van der Waals surface area contributed by atoms with Gasteiger partial charge in [-0.15, -0.1) is 0 Å². The van der Waals surface area contributed by atoms with Crippen molar-refractivity contribution in [1.82, 2.24) is 0 Å². The number of nitrogens with two attached hydrogens (primary N) is 1. The average Bonchev–Trinajstić information content (AvgIpc) is 2.37. The Kier molecular flexibility index (Phi) is 4.94. The molecule has 0 aliphatic carbocycles. The van der Waals surface area contributed by atoms with Crippen LogP contribution < -0.4 is 10.5 Å². The Morgan fingerprint density at radius 2 is 1.90 bits per heavy atom. The highest BCUT2D eigenvalue weighted by Gasteiger charge is 2.12. The van der Waals surface area contributed by atoms with Crippen LogP contribution >= 0.6 is 27.7 Å². The van der Waals surface area contributed by atoms with Crippen LogP contribution in [0.3, 0.4) is 0 Å². The predicted octanol–water partition coefficient (Wildman–Crippen LogP) is 5.11. The van der Waals surface area contributed by atoms with Gasteiger partial charge in [-0.05, 0) is 48.0 Å². The maximum Gasteiger partial charge on any atom is 0.167 e. The third-order valence-corrected chi connectivity index (χ3v) is 4.59. The molecule has 0 saturated carbocycles. The standard InChI is InChI=1S/C15H15BrFNOS/c1-9(2)19-13-8-15(12(18)7-11(13)17)20-14-6-4-3-5-10(14)16/h3-9H,18H2,1-2H3. The van der Waals surface area contributed by atoms with Crippen LogP contribution in [-0.2, 0) is 0 Å². The second kappa shape index (κ2) is 6.50. The van der Waals surface area contributed by atoms with Gasteiger partial charge in [-0.25, -0.2) is 4.39 Å². The molecule has 0 saturated heterocycles. The molecule has 5 heteroatoms. The Morgan fingerprint density at radius 1 is 1.20 bits per heavy atom. The molecule has 0 amide bonds. The molecule has 0 fully saturated rings. The Bertz CT molecular complexity index is 619. The van der Waals surface area contributed by atoms with Crippen LogP contribution in [0.2, 0.25) is 0 Å². The van der Waals surface area contributed by atoms with E-state index < -0.39 is 5.82 Å². The largest absolute Gasteiger partial charge is 0.488 e. The number of hydrogen-bond donors (Lipinski definition) is 1. The van der Waals surface area contributed by atoms with Gasteiger partial charge in [-0.1, -0.05) is 23.9 Å². The third-order valence-electron chi connectivity index (χ3n) is 2.48. The van der Waals surface area contributed by atoms with E-state index in [2.05, 4.69) is 15.9 Å². The zero-order valence-electron chi connectivity index (χ0n) is 11.2. The molecule has 106 valence electrons. The molecule has 0 radical (unpaired) electrons. The van der Waals surface area contributed by atoms with Crippen LogP contribution in [0.5, 0.6) is 5.75 Å². The fraction of sp³-hybridized carbons (Fsp3) is 0.200. The van der Waals surface area contributed by atoms with Crippen molar-refractivity contribution in [2.45, 2.75) is 29.7 Å². The molecule has 0 spiro atoms. The van der Waals surface area contributed by atoms with Crippen molar-refractivity contribution in [2.24, 2.45) is 0 Å². The van der Waals surface area contributed by atoms with E-state index in [-0.39, 0.29) is 11.9 Å². The first-order valence-electron chi connectivity index (χ1n) is 6.15. The minimum absolute atomic E-state index is 0.0885. The molecule has 2 N–H and O–H groups in total. The van der Waals surface area contributed by atoms with Crippen LogP contribution in [0.15, 0.2) is 50.7 Å². The summed E-state index contributed by atoms with van der Waals surface area (Å²) in [4.78, 5) is 1.79. The number of rotatable bonds is 4. The average molecular weight is 356 g/mol. The number of hydrogen-bond acceptors (Lipinski definition) is 3. The number of nitrogen functional groups attached to an aromatic ring is 1. The summed E-state index contributed by atoms with van der Waals surface area (Å²) in [7, 11) is 0. The second-order valence-electron chi connectivity index (χ2n) is 4.52. The summed E-state index contributed by atoms with van der Waals surface area (Å²) in [5, 5.41) is 0. The molecule has 0 heterocycles. The van der Waals surface area contributed by atoms with Gasteiger partial charge >= 0.3 is 0 Å². The minimum atomic E-state index is -0.437. The first kappa shape index (κ1) is 15.2. The lowest BCUT2D eigenvalue weighted by atomic mass is 10.3. The molecular weight excluding hydrogens is 341 g/mol. The van der Waals surface area contributed by atoms with Gasteiger partial charge in [0.1, 0.15) is 0 Å². The first-order valence-corrected chi connectivity index (χ1v) is 7.76. The Hall–Kier alpha value is -1.20. The lowest BCUT2D eigenvalue weighted by Crippen LogP contribution is -2.07. The maximum atomic E-state index is 13.8. The summed E-state index contributed by atoms with van der Waals surface area (Å²) < 4.78 is 20.2. The molecule has 0 aliphatic rings. The van der Waals surface area contributed by atoms with E-state index >= 15 is 0 Å². The summed E-state index contributed by atoms with van der Waals surface area (Å²) in [5.41, 5.74) is 6.29. The van der Waals surface area contributed by atoms with Crippen molar-refractivity contribution < 1.29 is 9.13 Å². The van der Waals surface area contributed by atoms with E-state index in [1.54, 1.807) is 6.07 Å². The van der Waals surface area contributed by atoms with Crippen LogP contribution in [0.25, 0.3) is 0 Å². The van der Waals surface area contributed by atoms with E-state index in [0.29, 0.717) is 5.69 Å². The minimum Gasteiger partial charge on any atom is -0.488 e. The first-order chi connectivity index (χ1) is 9.47. The van der Waals surface area contributed by atoms with Crippen LogP contribution in [0.4, 0.5) is 10.1 Å². The molecule has 2 nitrogen and oxygen atoms in total. The van der Waals surface area contributed by atoms with Gasteiger partial charge in [0.2, 0.25) is 0 Å². The SMILES string of the molecule is CC(C)Oc1cc(Sc2ccccc2Br)c(N)cc1F. The van der Waals surface area contributed by atoms with E-state index in [1.807, 2.05) is 38.1 Å². The van der Waals surface area contributed by atoms with Gasteiger partial charge in [0.15, 0.2) is 11.6 Å². The number of benzene rings is 2. The van der Waals surface area contributed by atoms with Crippen molar-refractivity contribution in [3.8, 4) is 5.75 Å². The molecule has 2 aromatic carbocycles. The molecule has 0 unspecified atom stereocenters. The van der Waals surface area contributed by atoms with Gasteiger partial charge in [0, 0.05) is 26.0 Å². The summed E-state index contributed by atoms with van der Waals surface area (Å²) in [6.45, 7) is 3.72. The van der Waals surface area contributed by atoms with Gasteiger partial charge in [-0.2, -0.15) is 0 Å². The number of anilines is 1. The van der Waals surface area contributed by atoms with E-state index in [9.17, 15) is 4.39 Å². The van der Waals surface area contributed by atoms with Crippen molar-refractivity contribution >= 4 is 33.4 Å². The van der Waals surface area contributed by atoms with Crippen molar-refractivity contribution in [3.05, 3.63) is 46.7 Å². The summed E-state index contributed by atoms with van der Waals surface area (Å²) >= 11 is 4.96. The van der Waals surface area contributed by atoms with Gasteiger partial charge < -0.3 is 10.5 Å².